The van der Waals surface area contributed by atoms with Crippen molar-refractivity contribution in [2.45, 2.75) is 6.92 Å². The van der Waals surface area contributed by atoms with E-state index in [-0.39, 0.29) is 0 Å². The SMILES string of the molecule is COc1ccc(-c2ccc(C=O)o2)c(C)c1. The standard InChI is InChI=1S/C13H12O3/c1-9-7-10(15-2)3-5-12(9)13-6-4-11(8-14)16-13/h3-8H,1-2H3. The molecule has 2 rings (SSSR count). The predicted molar refractivity (Wildman–Crippen MR) is 60.8 cm³/mol. The number of methoxy groups -OCH3 is 1. The number of ether oxygens (including phenoxy) is 1. The summed E-state index contributed by atoms with van der Waals surface area (Å²) in [6.07, 6.45) is 0.697. The van der Waals surface area contributed by atoms with Crippen LogP contribution in [0.5, 0.6) is 5.75 Å². The van der Waals surface area contributed by atoms with E-state index >= 15 is 0 Å². The first-order valence-electron chi connectivity index (χ1n) is 4.94. The van der Waals surface area contributed by atoms with Crippen molar-refractivity contribution >= 4 is 6.29 Å². The minimum atomic E-state index is 0.338. The summed E-state index contributed by atoms with van der Waals surface area (Å²) in [4.78, 5) is 10.5. The number of hydrogen-bond acceptors (Lipinski definition) is 3. The van der Waals surface area contributed by atoms with Crippen LogP contribution in [0.2, 0.25) is 0 Å². The van der Waals surface area contributed by atoms with Crippen molar-refractivity contribution in [3.8, 4) is 17.1 Å². The molecule has 0 unspecified atom stereocenters. The summed E-state index contributed by atoms with van der Waals surface area (Å²) in [5, 5.41) is 0. The van der Waals surface area contributed by atoms with E-state index in [1.54, 1.807) is 19.2 Å². The van der Waals surface area contributed by atoms with Gasteiger partial charge in [0, 0.05) is 5.56 Å². The highest BCUT2D eigenvalue weighted by Gasteiger charge is 2.07. The van der Waals surface area contributed by atoms with Crippen molar-refractivity contribution in [3.63, 3.8) is 0 Å². The first-order valence-corrected chi connectivity index (χ1v) is 4.94. The fourth-order valence-electron chi connectivity index (χ4n) is 1.60. The molecule has 0 spiro atoms. The lowest BCUT2D eigenvalue weighted by Gasteiger charge is -2.05. The minimum Gasteiger partial charge on any atom is -0.497 e. The van der Waals surface area contributed by atoms with Crippen LogP contribution in [0.3, 0.4) is 0 Å². The van der Waals surface area contributed by atoms with E-state index in [9.17, 15) is 4.79 Å². The summed E-state index contributed by atoms with van der Waals surface area (Å²) in [6, 6.07) is 9.16. The number of carbonyl (C=O) groups is 1. The van der Waals surface area contributed by atoms with Crippen molar-refractivity contribution in [2.75, 3.05) is 7.11 Å². The Balaban J connectivity index is 2.43. The summed E-state index contributed by atoms with van der Waals surface area (Å²) in [6.45, 7) is 1.97. The quantitative estimate of drug-likeness (QED) is 0.740. The normalized spacial score (nSPS) is 10.1. The molecule has 0 atom stereocenters. The van der Waals surface area contributed by atoms with E-state index < -0.39 is 0 Å². The van der Waals surface area contributed by atoms with Gasteiger partial charge in [0.25, 0.3) is 0 Å². The van der Waals surface area contributed by atoms with Crippen molar-refractivity contribution in [2.24, 2.45) is 0 Å². The zero-order valence-corrected chi connectivity index (χ0v) is 9.19. The molecule has 0 N–H and O–H groups in total. The maximum atomic E-state index is 10.5. The Morgan fingerprint density at radius 3 is 2.62 bits per heavy atom. The molecular weight excluding hydrogens is 204 g/mol. The maximum Gasteiger partial charge on any atom is 0.185 e. The average Bonchev–Trinajstić information content (AvgIpc) is 2.77. The topological polar surface area (TPSA) is 39.4 Å². The van der Waals surface area contributed by atoms with Crippen molar-refractivity contribution in [1.82, 2.24) is 0 Å². The smallest absolute Gasteiger partial charge is 0.185 e. The minimum absolute atomic E-state index is 0.338. The molecule has 16 heavy (non-hydrogen) atoms. The fraction of sp³-hybridized carbons (Fsp3) is 0.154. The molecule has 3 heteroatoms. The number of benzene rings is 1. The van der Waals surface area contributed by atoms with Gasteiger partial charge in [0.05, 0.1) is 7.11 Å². The first-order chi connectivity index (χ1) is 7.74. The lowest BCUT2D eigenvalue weighted by Crippen LogP contribution is -1.86. The third kappa shape index (κ3) is 1.84. The van der Waals surface area contributed by atoms with Crippen LogP contribution in [0.4, 0.5) is 0 Å². The maximum absolute atomic E-state index is 10.5. The lowest BCUT2D eigenvalue weighted by molar-refractivity contribution is 0.110. The molecule has 0 radical (unpaired) electrons. The van der Waals surface area contributed by atoms with Gasteiger partial charge in [0.1, 0.15) is 11.5 Å². The van der Waals surface area contributed by atoms with Crippen LogP contribution < -0.4 is 4.74 Å². The Labute approximate surface area is 93.7 Å². The molecule has 0 aliphatic rings. The number of rotatable bonds is 3. The molecule has 0 amide bonds. The number of hydrogen-bond donors (Lipinski definition) is 0. The molecule has 0 aliphatic heterocycles. The van der Waals surface area contributed by atoms with Gasteiger partial charge in [-0.05, 0) is 42.8 Å². The Morgan fingerprint density at radius 2 is 2.06 bits per heavy atom. The van der Waals surface area contributed by atoms with E-state index in [0.29, 0.717) is 17.8 Å². The summed E-state index contributed by atoms with van der Waals surface area (Å²) in [5.41, 5.74) is 2.01. The molecule has 0 bridgehead atoms. The fourth-order valence-corrected chi connectivity index (χ4v) is 1.60. The van der Waals surface area contributed by atoms with E-state index in [4.69, 9.17) is 9.15 Å². The van der Waals surface area contributed by atoms with Crippen LogP contribution in [-0.2, 0) is 0 Å². The molecule has 1 aromatic carbocycles. The van der Waals surface area contributed by atoms with Gasteiger partial charge >= 0.3 is 0 Å². The van der Waals surface area contributed by atoms with Gasteiger partial charge in [0.15, 0.2) is 12.0 Å². The molecule has 2 aromatic rings. The average molecular weight is 216 g/mol. The van der Waals surface area contributed by atoms with Gasteiger partial charge in [-0.3, -0.25) is 4.79 Å². The van der Waals surface area contributed by atoms with E-state index in [2.05, 4.69) is 0 Å². The molecule has 0 aliphatic carbocycles. The first kappa shape index (κ1) is 10.5. The van der Waals surface area contributed by atoms with Gasteiger partial charge in [-0.1, -0.05) is 0 Å². The second-order valence-electron chi connectivity index (χ2n) is 3.50. The largest absolute Gasteiger partial charge is 0.497 e. The predicted octanol–water partition coefficient (Wildman–Crippen LogP) is 3.08. The second-order valence-corrected chi connectivity index (χ2v) is 3.50. The van der Waals surface area contributed by atoms with Gasteiger partial charge in [-0.25, -0.2) is 0 Å². The van der Waals surface area contributed by atoms with E-state index in [1.807, 2.05) is 25.1 Å². The van der Waals surface area contributed by atoms with Gasteiger partial charge in [-0.2, -0.15) is 0 Å². The third-order valence-electron chi connectivity index (χ3n) is 2.44. The molecule has 1 heterocycles. The second kappa shape index (κ2) is 4.23. The molecule has 3 nitrogen and oxygen atoms in total. The number of aldehydes is 1. The van der Waals surface area contributed by atoms with Gasteiger partial charge < -0.3 is 9.15 Å². The highest BCUT2D eigenvalue weighted by atomic mass is 16.5. The van der Waals surface area contributed by atoms with Gasteiger partial charge in [0.2, 0.25) is 0 Å². The van der Waals surface area contributed by atoms with Crippen LogP contribution >= 0.6 is 0 Å². The highest BCUT2D eigenvalue weighted by molar-refractivity contribution is 5.73. The molecule has 82 valence electrons. The third-order valence-corrected chi connectivity index (χ3v) is 2.44. The molecular formula is C13H12O3. The highest BCUT2D eigenvalue weighted by Crippen LogP contribution is 2.27. The number of aryl methyl sites for hydroxylation is 1. The summed E-state index contributed by atoms with van der Waals surface area (Å²) in [5.74, 6) is 1.84. The Hall–Kier alpha value is -2.03. The van der Waals surface area contributed by atoms with Crippen LogP contribution in [0, 0.1) is 6.92 Å². The van der Waals surface area contributed by atoms with Crippen LogP contribution in [0.1, 0.15) is 16.1 Å². The molecule has 0 saturated carbocycles. The van der Waals surface area contributed by atoms with E-state index in [1.165, 1.54) is 0 Å². The molecule has 0 fully saturated rings. The summed E-state index contributed by atoms with van der Waals surface area (Å²) < 4.78 is 10.5. The summed E-state index contributed by atoms with van der Waals surface area (Å²) in [7, 11) is 1.63. The van der Waals surface area contributed by atoms with Crippen molar-refractivity contribution in [3.05, 3.63) is 41.7 Å². The number of carbonyl (C=O) groups excluding carboxylic acids is 1. The Kier molecular flexibility index (Phi) is 2.77. The zero-order valence-electron chi connectivity index (χ0n) is 9.19. The van der Waals surface area contributed by atoms with Crippen LogP contribution in [-0.4, -0.2) is 13.4 Å². The van der Waals surface area contributed by atoms with Crippen LogP contribution in [0.15, 0.2) is 34.7 Å². The van der Waals surface area contributed by atoms with Crippen molar-refractivity contribution in [1.29, 1.82) is 0 Å². The Morgan fingerprint density at radius 1 is 1.25 bits per heavy atom. The monoisotopic (exact) mass is 216 g/mol. The molecule has 1 aromatic heterocycles. The number of furan rings is 1. The lowest BCUT2D eigenvalue weighted by atomic mass is 10.1. The van der Waals surface area contributed by atoms with Crippen LogP contribution in [0.25, 0.3) is 11.3 Å². The zero-order chi connectivity index (χ0) is 11.5. The van der Waals surface area contributed by atoms with Crippen molar-refractivity contribution < 1.29 is 13.9 Å². The summed E-state index contributed by atoms with van der Waals surface area (Å²) >= 11 is 0. The van der Waals surface area contributed by atoms with Gasteiger partial charge in [-0.15, -0.1) is 0 Å². The Bertz CT molecular complexity index is 512. The molecule has 0 saturated heterocycles. The van der Waals surface area contributed by atoms with E-state index in [0.717, 1.165) is 16.9 Å².